The molecular weight excluding hydrogens is 323 g/mol. The number of benzene rings is 1. The lowest BCUT2D eigenvalue weighted by atomic mass is 10.2. The molecular formula is C18H23FN4O2. The number of nitrogens with one attached hydrogen (secondary N) is 2. The van der Waals surface area contributed by atoms with Crippen LogP contribution in [0.15, 0.2) is 35.1 Å². The Labute approximate surface area is 146 Å². The van der Waals surface area contributed by atoms with Gasteiger partial charge in [-0.25, -0.2) is 9.37 Å². The first kappa shape index (κ1) is 17.6. The van der Waals surface area contributed by atoms with E-state index >= 15 is 0 Å². The number of hydrogen-bond donors (Lipinski definition) is 2. The average molecular weight is 346 g/mol. The quantitative estimate of drug-likeness (QED) is 0.800. The molecule has 0 amide bonds. The van der Waals surface area contributed by atoms with Crippen molar-refractivity contribution in [2.24, 2.45) is 0 Å². The predicted molar refractivity (Wildman–Crippen MR) is 94.2 cm³/mol. The first-order valence-electron chi connectivity index (χ1n) is 8.58. The van der Waals surface area contributed by atoms with Crippen molar-refractivity contribution >= 4 is 5.95 Å². The molecule has 0 atom stereocenters. The molecule has 7 heteroatoms. The molecule has 0 aliphatic carbocycles. The molecule has 1 aromatic carbocycles. The predicted octanol–water partition coefficient (Wildman–Crippen LogP) is 1.79. The molecule has 0 bridgehead atoms. The molecule has 2 N–H and O–H groups in total. The minimum absolute atomic E-state index is 0.169. The lowest BCUT2D eigenvalue weighted by Crippen LogP contribution is -2.37. The maximum absolute atomic E-state index is 12.9. The highest BCUT2D eigenvalue weighted by Crippen LogP contribution is 2.07. The number of anilines is 1. The molecule has 3 rings (SSSR count). The summed E-state index contributed by atoms with van der Waals surface area (Å²) in [5.41, 5.74) is 1.53. The van der Waals surface area contributed by atoms with Crippen LogP contribution in [0.25, 0.3) is 0 Å². The van der Waals surface area contributed by atoms with Gasteiger partial charge in [0, 0.05) is 31.4 Å². The zero-order chi connectivity index (χ0) is 17.5. The Bertz CT molecular complexity index is 727. The van der Waals surface area contributed by atoms with Gasteiger partial charge in [0.05, 0.1) is 13.2 Å². The summed E-state index contributed by atoms with van der Waals surface area (Å²) in [6.07, 6.45) is 1.71. The second-order valence-corrected chi connectivity index (χ2v) is 6.12. The zero-order valence-electron chi connectivity index (χ0n) is 14.1. The monoisotopic (exact) mass is 346 g/mol. The van der Waals surface area contributed by atoms with Gasteiger partial charge < -0.3 is 10.1 Å². The number of hydrogen-bond acceptors (Lipinski definition) is 5. The van der Waals surface area contributed by atoms with E-state index in [1.807, 2.05) is 0 Å². The third-order valence-electron chi connectivity index (χ3n) is 4.18. The molecule has 1 saturated heterocycles. The normalized spacial score (nSPS) is 15.2. The maximum atomic E-state index is 12.9. The third-order valence-corrected chi connectivity index (χ3v) is 4.18. The Morgan fingerprint density at radius 3 is 2.76 bits per heavy atom. The van der Waals surface area contributed by atoms with E-state index in [9.17, 15) is 9.18 Å². The molecule has 0 spiro atoms. The van der Waals surface area contributed by atoms with E-state index in [4.69, 9.17) is 4.74 Å². The fourth-order valence-electron chi connectivity index (χ4n) is 2.82. The number of aromatic nitrogens is 2. The molecule has 2 heterocycles. The van der Waals surface area contributed by atoms with E-state index in [1.54, 1.807) is 18.2 Å². The van der Waals surface area contributed by atoms with E-state index in [0.717, 1.165) is 56.9 Å². The van der Waals surface area contributed by atoms with Crippen molar-refractivity contribution in [3.63, 3.8) is 0 Å². The second kappa shape index (κ2) is 8.73. The van der Waals surface area contributed by atoms with Crippen LogP contribution in [0.5, 0.6) is 0 Å². The van der Waals surface area contributed by atoms with Crippen molar-refractivity contribution < 1.29 is 9.13 Å². The third kappa shape index (κ3) is 5.65. The topological polar surface area (TPSA) is 70.2 Å². The number of aryl methyl sites for hydroxylation is 1. The molecule has 134 valence electrons. The summed E-state index contributed by atoms with van der Waals surface area (Å²) in [5, 5.41) is 3.09. The zero-order valence-corrected chi connectivity index (χ0v) is 14.1. The number of nitrogens with zero attached hydrogens (tertiary/aromatic N) is 2. The van der Waals surface area contributed by atoms with Gasteiger partial charge in [0.1, 0.15) is 5.82 Å². The van der Waals surface area contributed by atoms with Crippen LogP contribution in [0.4, 0.5) is 10.3 Å². The highest BCUT2D eigenvalue weighted by atomic mass is 19.1. The van der Waals surface area contributed by atoms with Crippen LogP contribution in [0, 0.1) is 5.82 Å². The number of H-pyrrole nitrogens is 1. The molecule has 0 unspecified atom stereocenters. The van der Waals surface area contributed by atoms with Gasteiger partial charge in [-0.3, -0.25) is 14.7 Å². The fraction of sp³-hybridized carbons (Fsp3) is 0.444. The van der Waals surface area contributed by atoms with Gasteiger partial charge in [0.25, 0.3) is 5.56 Å². The van der Waals surface area contributed by atoms with E-state index in [0.29, 0.717) is 12.5 Å². The van der Waals surface area contributed by atoms with Gasteiger partial charge in [-0.1, -0.05) is 12.1 Å². The average Bonchev–Trinajstić information content (AvgIpc) is 2.62. The summed E-state index contributed by atoms with van der Waals surface area (Å²) in [4.78, 5) is 21.3. The highest BCUT2D eigenvalue weighted by molar-refractivity contribution is 5.28. The van der Waals surface area contributed by atoms with Crippen LogP contribution >= 0.6 is 0 Å². The van der Waals surface area contributed by atoms with E-state index in [2.05, 4.69) is 20.2 Å². The van der Waals surface area contributed by atoms with Crippen LogP contribution in [-0.2, 0) is 17.7 Å². The van der Waals surface area contributed by atoms with Crippen LogP contribution in [0.3, 0.4) is 0 Å². The lowest BCUT2D eigenvalue weighted by molar-refractivity contribution is 0.0374. The van der Waals surface area contributed by atoms with Crippen molar-refractivity contribution in [3.05, 3.63) is 57.8 Å². The molecule has 2 aromatic rings. The minimum atomic E-state index is -0.266. The van der Waals surface area contributed by atoms with Crippen LogP contribution in [0.1, 0.15) is 17.7 Å². The molecule has 6 nitrogen and oxygen atoms in total. The lowest BCUT2D eigenvalue weighted by Gasteiger charge is -2.26. The first-order valence-corrected chi connectivity index (χ1v) is 8.58. The van der Waals surface area contributed by atoms with Gasteiger partial charge in [0.15, 0.2) is 0 Å². The SMILES string of the molecule is O=c1cc(CCCN2CCOCC2)nc(NCc2ccc(F)cc2)[nH]1. The number of halogens is 1. The second-order valence-electron chi connectivity index (χ2n) is 6.12. The Balaban J connectivity index is 1.52. The standard InChI is InChI=1S/C18H23FN4O2/c19-15-5-3-14(4-6-15)13-20-18-21-16(12-17(24)22-18)2-1-7-23-8-10-25-11-9-23/h3-6,12H,1-2,7-11,13H2,(H2,20,21,22,24). The summed E-state index contributed by atoms with van der Waals surface area (Å²) in [5.74, 6) is 0.177. The summed E-state index contributed by atoms with van der Waals surface area (Å²) in [6.45, 7) is 4.97. The van der Waals surface area contributed by atoms with Crippen molar-refractivity contribution in [3.8, 4) is 0 Å². The number of morpholine rings is 1. The first-order chi connectivity index (χ1) is 12.2. The molecule has 1 aromatic heterocycles. The largest absolute Gasteiger partial charge is 0.379 e. The van der Waals surface area contributed by atoms with E-state index < -0.39 is 0 Å². The van der Waals surface area contributed by atoms with Crippen LogP contribution in [0.2, 0.25) is 0 Å². The number of ether oxygens (including phenoxy) is 1. The van der Waals surface area contributed by atoms with Crippen molar-refractivity contribution in [2.45, 2.75) is 19.4 Å². The number of rotatable bonds is 7. The Hall–Kier alpha value is -2.25. The van der Waals surface area contributed by atoms with Crippen LogP contribution in [-0.4, -0.2) is 47.7 Å². The molecule has 1 fully saturated rings. The van der Waals surface area contributed by atoms with Crippen LogP contribution < -0.4 is 10.9 Å². The van der Waals surface area contributed by atoms with Gasteiger partial charge >= 0.3 is 0 Å². The van der Waals surface area contributed by atoms with Crippen molar-refractivity contribution in [1.29, 1.82) is 0 Å². The summed E-state index contributed by atoms with van der Waals surface area (Å²) in [6, 6.07) is 7.77. The Morgan fingerprint density at radius 1 is 1.24 bits per heavy atom. The maximum Gasteiger partial charge on any atom is 0.252 e. The van der Waals surface area contributed by atoms with Crippen molar-refractivity contribution in [2.75, 3.05) is 38.2 Å². The highest BCUT2D eigenvalue weighted by Gasteiger charge is 2.10. The minimum Gasteiger partial charge on any atom is -0.379 e. The van der Waals surface area contributed by atoms with Gasteiger partial charge in [-0.2, -0.15) is 0 Å². The molecule has 0 radical (unpaired) electrons. The molecule has 1 aliphatic heterocycles. The van der Waals surface area contributed by atoms with E-state index in [-0.39, 0.29) is 11.4 Å². The van der Waals surface area contributed by atoms with Gasteiger partial charge in [0.2, 0.25) is 5.95 Å². The van der Waals surface area contributed by atoms with Gasteiger partial charge in [-0.05, 0) is 37.1 Å². The van der Waals surface area contributed by atoms with Gasteiger partial charge in [-0.15, -0.1) is 0 Å². The summed E-state index contributed by atoms with van der Waals surface area (Å²) < 4.78 is 18.3. The summed E-state index contributed by atoms with van der Waals surface area (Å²) >= 11 is 0. The van der Waals surface area contributed by atoms with E-state index in [1.165, 1.54) is 12.1 Å². The molecule has 25 heavy (non-hydrogen) atoms. The fourth-order valence-corrected chi connectivity index (χ4v) is 2.82. The number of aromatic amines is 1. The Morgan fingerprint density at radius 2 is 2.00 bits per heavy atom. The van der Waals surface area contributed by atoms with Crippen molar-refractivity contribution in [1.82, 2.24) is 14.9 Å². The Kier molecular flexibility index (Phi) is 6.14. The summed E-state index contributed by atoms with van der Waals surface area (Å²) in [7, 11) is 0. The molecule has 1 aliphatic rings. The molecule has 0 saturated carbocycles. The smallest absolute Gasteiger partial charge is 0.252 e.